The van der Waals surface area contributed by atoms with Crippen LogP contribution >= 0.6 is 11.3 Å². The smallest absolute Gasteiger partial charge is 0.0554 e. The minimum atomic E-state index is -0.267. The first-order chi connectivity index (χ1) is 32.5. The summed E-state index contributed by atoms with van der Waals surface area (Å²) in [6.45, 7) is 4.82. The van der Waals surface area contributed by atoms with Crippen molar-refractivity contribution in [2.24, 2.45) is 0 Å². The van der Waals surface area contributed by atoms with Crippen molar-refractivity contribution in [2.75, 3.05) is 4.90 Å². The number of rotatable bonds is 7. The Balaban J connectivity index is 0.998. The molecule has 0 spiro atoms. The van der Waals surface area contributed by atoms with Crippen molar-refractivity contribution in [1.82, 2.24) is 4.57 Å². The van der Waals surface area contributed by atoms with Crippen LogP contribution in [0.4, 0.5) is 17.1 Å². The molecule has 1 aliphatic rings. The number of hydrogen-bond donors (Lipinski definition) is 0. The molecule has 1 aliphatic carbocycles. The second-order valence-corrected chi connectivity index (χ2v) is 19.2. The summed E-state index contributed by atoms with van der Waals surface area (Å²) < 4.78 is 4.99. The molecule has 2 aromatic heterocycles. The van der Waals surface area contributed by atoms with Gasteiger partial charge in [-0.3, -0.25) is 0 Å². The van der Waals surface area contributed by atoms with E-state index in [-0.39, 0.29) is 5.41 Å². The lowest BCUT2D eigenvalue weighted by Crippen LogP contribution is -2.17. The van der Waals surface area contributed by atoms with Crippen LogP contribution in [0.2, 0.25) is 0 Å². The molecule has 0 unspecified atom stereocenters. The molecule has 0 saturated heterocycles. The second-order valence-electron chi connectivity index (χ2n) is 18.1. The average molecular weight is 861 g/mol. The lowest BCUT2D eigenvalue weighted by molar-refractivity contribution is 0.660. The van der Waals surface area contributed by atoms with E-state index in [2.05, 4.69) is 254 Å². The zero-order valence-corrected chi connectivity index (χ0v) is 37.6. The summed E-state index contributed by atoms with van der Waals surface area (Å²) in [6, 6.07) is 85.1. The van der Waals surface area contributed by atoms with Gasteiger partial charge in [0, 0.05) is 53.4 Å². The molecule has 66 heavy (non-hydrogen) atoms. The highest BCUT2D eigenvalue weighted by molar-refractivity contribution is 7.26. The molecule has 3 heteroatoms. The lowest BCUT2D eigenvalue weighted by atomic mass is 9.81. The van der Waals surface area contributed by atoms with Crippen LogP contribution in [0.25, 0.3) is 92.2 Å². The predicted molar refractivity (Wildman–Crippen MR) is 282 cm³/mol. The molecule has 0 saturated carbocycles. The van der Waals surface area contributed by atoms with Crippen molar-refractivity contribution in [3.05, 3.63) is 242 Å². The average Bonchev–Trinajstić information content (AvgIpc) is 4.00. The quantitative estimate of drug-likeness (QED) is 0.155. The standard InChI is InChI=1S/C63H44N2S/c1-63(2)54-39-43(49-26-16-28-57-61(49)52-24-12-14-27-56(52)65(57)46-22-10-5-11-23-46)32-34-50(54)51-35-33-47(40-55(51)63)64(58-29-17-31-60-62(58)53-25-13-15-30-59(53)66-60)48-37-44(41-18-6-3-7-19-41)36-45(38-48)42-20-8-4-9-21-42/h3-40H,1-2H3. The highest BCUT2D eigenvalue weighted by Crippen LogP contribution is 2.53. The summed E-state index contributed by atoms with van der Waals surface area (Å²) in [5.41, 5.74) is 19.3. The molecule has 312 valence electrons. The Morgan fingerprint density at radius 2 is 0.970 bits per heavy atom. The highest BCUT2D eigenvalue weighted by atomic mass is 32.1. The number of hydrogen-bond acceptors (Lipinski definition) is 2. The molecule has 0 aliphatic heterocycles. The molecule has 0 atom stereocenters. The van der Waals surface area contributed by atoms with E-state index in [0.717, 1.165) is 11.4 Å². The van der Waals surface area contributed by atoms with Crippen molar-refractivity contribution in [1.29, 1.82) is 0 Å². The minimum absolute atomic E-state index is 0.267. The van der Waals surface area contributed by atoms with Gasteiger partial charge in [0.05, 0.1) is 16.7 Å². The van der Waals surface area contributed by atoms with Gasteiger partial charge in [0.15, 0.2) is 0 Å². The Morgan fingerprint density at radius 1 is 0.379 bits per heavy atom. The Labute approximate surface area is 388 Å². The van der Waals surface area contributed by atoms with Crippen molar-refractivity contribution in [3.63, 3.8) is 0 Å². The van der Waals surface area contributed by atoms with E-state index in [4.69, 9.17) is 0 Å². The van der Waals surface area contributed by atoms with Gasteiger partial charge in [-0.05, 0) is 134 Å². The fraction of sp³-hybridized carbons (Fsp3) is 0.0476. The van der Waals surface area contributed by atoms with Crippen molar-refractivity contribution in [2.45, 2.75) is 19.3 Å². The van der Waals surface area contributed by atoms with E-state index in [1.54, 1.807) is 0 Å². The number of anilines is 3. The van der Waals surface area contributed by atoms with E-state index in [9.17, 15) is 0 Å². The third-order valence-electron chi connectivity index (χ3n) is 14.0. The maximum absolute atomic E-state index is 2.52. The molecule has 13 rings (SSSR count). The van der Waals surface area contributed by atoms with Gasteiger partial charge < -0.3 is 9.47 Å². The number of aromatic nitrogens is 1. The highest BCUT2D eigenvalue weighted by Gasteiger charge is 2.37. The zero-order valence-electron chi connectivity index (χ0n) is 36.7. The van der Waals surface area contributed by atoms with Gasteiger partial charge in [-0.1, -0.05) is 166 Å². The van der Waals surface area contributed by atoms with Gasteiger partial charge in [-0.15, -0.1) is 11.3 Å². The fourth-order valence-electron chi connectivity index (χ4n) is 10.9. The van der Waals surface area contributed by atoms with E-state index < -0.39 is 0 Å². The molecule has 0 radical (unpaired) electrons. The van der Waals surface area contributed by atoms with Gasteiger partial charge in [-0.2, -0.15) is 0 Å². The Kier molecular flexibility index (Phi) is 8.78. The predicted octanol–water partition coefficient (Wildman–Crippen LogP) is 17.9. The molecule has 2 heterocycles. The second kappa shape index (κ2) is 15.1. The monoisotopic (exact) mass is 860 g/mol. The van der Waals surface area contributed by atoms with Crippen LogP contribution in [0.1, 0.15) is 25.0 Å². The molecule has 12 aromatic rings. The van der Waals surface area contributed by atoms with E-state index in [1.165, 1.54) is 109 Å². The van der Waals surface area contributed by atoms with E-state index >= 15 is 0 Å². The van der Waals surface area contributed by atoms with Gasteiger partial charge in [0.25, 0.3) is 0 Å². The number of fused-ring (bicyclic) bond motifs is 9. The number of benzene rings is 10. The first-order valence-corrected chi connectivity index (χ1v) is 23.6. The summed E-state index contributed by atoms with van der Waals surface area (Å²) in [5, 5.41) is 5.11. The number of thiophene rings is 1. The summed E-state index contributed by atoms with van der Waals surface area (Å²) >= 11 is 1.87. The summed E-state index contributed by atoms with van der Waals surface area (Å²) in [5.74, 6) is 0. The molecule has 0 N–H and O–H groups in total. The van der Waals surface area contributed by atoms with Crippen LogP contribution in [0, 0.1) is 0 Å². The molecule has 10 aromatic carbocycles. The molecule has 2 nitrogen and oxygen atoms in total. The Bertz CT molecular complexity index is 3780. The third-order valence-corrected chi connectivity index (χ3v) is 15.1. The SMILES string of the molecule is CC1(C)c2cc(-c3cccc4c3c3ccccc3n4-c3ccccc3)ccc2-c2ccc(N(c3cc(-c4ccccc4)cc(-c4ccccc4)c3)c3cccc4sc5ccccc5c34)cc21. The molecule has 0 amide bonds. The topological polar surface area (TPSA) is 8.17 Å². The van der Waals surface area contributed by atoms with Crippen molar-refractivity contribution in [3.8, 4) is 50.2 Å². The fourth-order valence-corrected chi connectivity index (χ4v) is 12.0. The number of nitrogens with zero attached hydrogens (tertiary/aromatic N) is 2. The Hall–Kier alpha value is -7.98. The van der Waals surface area contributed by atoms with Crippen molar-refractivity contribution >= 4 is 70.4 Å². The van der Waals surface area contributed by atoms with Crippen LogP contribution in [0.5, 0.6) is 0 Å². The van der Waals surface area contributed by atoms with Gasteiger partial charge in [-0.25, -0.2) is 0 Å². The van der Waals surface area contributed by atoms with Crippen LogP contribution in [0.3, 0.4) is 0 Å². The summed E-state index contributed by atoms with van der Waals surface area (Å²) in [4.78, 5) is 2.52. The van der Waals surface area contributed by atoms with E-state index in [0.29, 0.717) is 0 Å². The first-order valence-electron chi connectivity index (χ1n) is 22.8. The maximum atomic E-state index is 2.52. The molecule has 0 fully saturated rings. The van der Waals surface area contributed by atoms with Crippen LogP contribution in [-0.2, 0) is 5.41 Å². The molecular formula is C63H44N2S. The van der Waals surface area contributed by atoms with Crippen LogP contribution in [0.15, 0.2) is 231 Å². The van der Waals surface area contributed by atoms with Gasteiger partial charge >= 0.3 is 0 Å². The molecule has 0 bridgehead atoms. The molecular weight excluding hydrogens is 817 g/mol. The Morgan fingerprint density at radius 3 is 1.71 bits per heavy atom. The minimum Gasteiger partial charge on any atom is -0.310 e. The summed E-state index contributed by atoms with van der Waals surface area (Å²) in [7, 11) is 0. The van der Waals surface area contributed by atoms with E-state index in [1.807, 2.05) is 11.3 Å². The van der Waals surface area contributed by atoms with Crippen molar-refractivity contribution < 1.29 is 0 Å². The third kappa shape index (κ3) is 6.01. The largest absolute Gasteiger partial charge is 0.310 e. The van der Waals surface area contributed by atoms with Gasteiger partial charge in [0.2, 0.25) is 0 Å². The normalized spacial score (nSPS) is 12.8. The first kappa shape index (κ1) is 38.5. The number of para-hydroxylation sites is 2. The summed E-state index contributed by atoms with van der Waals surface area (Å²) in [6.07, 6.45) is 0. The van der Waals surface area contributed by atoms with Crippen LogP contribution in [-0.4, -0.2) is 4.57 Å². The van der Waals surface area contributed by atoms with Gasteiger partial charge in [0.1, 0.15) is 0 Å². The van der Waals surface area contributed by atoms with Crippen LogP contribution < -0.4 is 4.90 Å². The maximum Gasteiger partial charge on any atom is 0.0554 e. The zero-order chi connectivity index (χ0) is 43.9. The lowest BCUT2D eigenvalue weighted by Gasteiger charge is -2.29.